The Balaban J connectivity index is 1.44. The van der Waals surface area contributed by atoms with Gasteiger partial charge in [0.25, 0.3) is 0 Å². The van der Waals surface area contributed by atoms with Crippen LogP contribution in [0.1, 0.15) is 59.3 Å². The SMILES string of the molecule is C=CCn1c(SCC(=O)Nc2sc3c(c2C#N)CCC(C)C3)nnc1C(C)Oc1cc(C)cc(C)c1. The summed E-state index contributed by atoms with van der Waals surface area (Å²) in [5.74, 6) is 2.04. The van der Waals surface area contributed by atoms with E-state index in [1.807, 2.05) is 37.5 Å². The number of amides is 1. The first kappa shape index (κ1) is 26.0. The fraction of sp³-hybridized carbons (Fsp3) is 0.407. The van der Waals surface area contributed by atoms with Gasteiger partial charge in [-0.25, -0.2) is 0 Å². The van der Waals surface area contributed by atoms with Crippen LogP contribution < -0.4 is 10.1 Å². The molecule has 1 aliphatic rings. The van der Waals surface area contributed by atoms with Crippen LogP contribution >= 0.6 is 23.1 Å². The van der Waals surface area contributed by atoms with Crippen LogP contribution in [0, 0.1) is 31.1 Å². The maximum absolute atomic E-state index is 12.8. The number of hydrogen-bond acceptors (Lipinski definition) is 7. The van der Waals surface area contributed by atoms with E-state index in [1.54, 1.807) is 6.08 Å². The van der Waals surface area contributed by atoms with Gasteiger partial charge in [-0.2, -0.15) is 5.26 Å². The number of aryl methyl sites for hydroxylation is 2. The second kappa shape index (κ2) is 11.3. The summed E-state index contributed by atoms with van der Waals surface area (Å²) < 4.78 is 8.09. The van der Waals surface area contributed by atoms with Crippen molar-refractivity contribution in [3.8, 4) is 11.8 Å². The zero-order valence-corrected chi connectivity index (χ0v) is 22.8. The number of thioether (sulfide) groups is 1. The number of ether oxygens (including phenoxy) is 1. The van der Waals surface area contributed by atoms with Gasteiger partial charge >= 0.3 is 0 Å². The van der Waals surface area contributed by atoms with E-state index in [0.29, 0.717) is 34.0 Å². The minimum Gasteiger partial charge on any atom is -0.483 e. The zero-order chi connectivity index (χ0) is 25.8. The Morgan fingerprint density at radius 1 is 1.39 bits per heavy atom. The predicted octanol–water partition coefficient (Wildman–Crippen LogP) is 6.01. The summed E-state index contributed by atoms with van der Waals surface area (Å²) in [5.41, 5.74) is 3.99. The Hall–Kier alpha value is -3.09. The Bertz CT molecular complexity index is 1300. The highest BCUT2D eigenvalue weighted by atomic mass is 32.2. The van der Waals surface area contributed by atoms with Gasteiger partial charge in [0.15, 0.2) is 17.1 Å². The molecule has 2 aromatic heterocycles. The molecule has 0 bridgehead atoms. The van der Waals surface area contributed by atoms with E-state index in [9.17, 15) is 10.1 Å². The third kappa shape index (κ3) is 5.82. The Morgan fingerprint density at radius 2 is 2.14 bits per heavy atom. The lowest BCUT2D eigenvalue weighted by Gasteiger charge is -2.17. The fourth-order valence-corrected chi connectivity index (χ4v) is 6.65. The molecular formula is C27H31N5O2S2. The number of rotatable bonds is 9. The van der Waals surface area contributed by atoms with Crippen molar-refractivity contribution in [3.63, 3.8) is 0 Å². The van der Waals surface area contributed by atoms with Gasteiger partial charge in [-0.1, -0.05) is 30.8 Å². The smallest absolute Gasteiger partial charge is 0.235 e. The predicted molar refractivity (Wildman–Crippen MR) is 145 cm³/mol. The van der Waals surface area contributed by atoms with E-state index in [-0.39, 0.29) is 17.8 Å². The van der Waals surface area contributed by atoms with Gasteiger partial charge in [0.05, 0.1) is 11.3 Å². The van der Waals surface area contributed by atoms with Gasteiger partial charge in [-0.05, 0) is 74.8 Å². The zero-order valence-electron chi connectivity index (χ0n) is 21.1. The Morgan fingerprint density at radius 3 is 2.83 bits per heavy atom. The first-order chi connectivity index (χ1) is 17.3. The third-order valence-corrected chi connectivity index (χ3v) is 8.27. The lowest BCUT2D eigenvalue weighted by molar-refractivity contribution is -0.113. The number of aromatic nitrogens is 3. The van der Waals surface area contributed by atoms with Crippen molar-refractivity contribution < 1.29 is 9.53 Å². The molecule has 2 heterocycles. The minimum atomic E-state index is -0.333. The van der Waals surface area contributed by atoms with Crippen molar-refractivity contribution >= 4 is 34.0 Å². The quantitative estimate of drug-likeness (QED) is 0.274. The topological polar surface area (TPSA) is 92.8 Å². The van der Waals surface area contributed by atoms with Crippen molar-refractivity contribution in [2.75, 3.05) is 11.1 Å². The largest absolute Gasteiger partial charge is 0.483 e. The maximum atomic E-state index is 12.8. The Kier molecular flexibility index (Phi) is 8.17. The van der Waals surface area contributed by atoms with E-state index in [2.05, 4.69) is 41.2 Å². The Labute approximate surface area is 220 Å². The molecule has 1 amide bonds. The van der Waals surface area contributed by atoms with Crippen LogP contribution in [-0.2, 0) is 24.2 Å². The van der Waals surface area contributed by atoms with Gasteiger partial charge in [0, 0.05) is 11.4 Å². The normalized spacial score (nSPS) is 15.6. The molecule has 0 saturated heterocycles. The number of anilines is 1. The van der Waals surface area contributed by atoms with Gasteiger partial charge < -0.3 is 10.1 Å². The number of allylic oxidation sites excluding steroid dienone is 1. The number of fused-ring (bicyclic) bond motifs is 1. The monoisotopic (exact) mass is 521 g/mol. The molecule has 36 heavy (non-hydrogen) atoms. The highest BCUT2D eigenvalue weighted by molar-refractivity contribution is 7.99. The molecule has 2 unspecified atom stereocenters. The first-order valence-electron chi connectivity index (χ1n) is 12.0. The standard InChI is InChI=1S/C27H31N5O2S2/c1-6-9-32-25(19(5)34-20-11-17(3)10-18(4)12-20)30-31-27(32)35-15-24(33)29-26-22(14-28)21-8-7-16(2)13-23(21)36-26/h6,10-12,16,19H,1,7-9,13,15H2,2-5H3,(H,29,33). The summed E-state index contributed by atoms with van der Waals surface area (Å²) in [5, 5.41) is 22.6. The number of benzene rings is 1. The van der Waals surface area contributed by atoms with Crippen LogP contribution in [0.25, 0.3) is 0 Å². The molecule has 188 valence electrons. The van der Waals surface area contributed by atoms with Crippen molar-refractivity contribution in [1.82, 2.24) is 14.8 Å². The summed E-state index contributed by atoms with van der Waals surface area (Å²) in [6, 6.07) is 8.40. The van der Waals surface area contributed by atoms with Crippen LogP contribution in [0.5, 0.6) is 5.75 Å². The van der Waals surface area contributed by atoms with Gasteiger partial charge in [0.1, 0.15) is 16.8 Å². The molecule has 0 saturated carbocycles. The number of nitrogens with zero attached hydrogens (tertiary/aromatic N) is 4. The van der Waals surface area contributed by atoms with E-state index < -0.39 is 0 Å². The number of nitriles is 1. The fourth-order valence-electron chi connectivity index (χ4n) is 4.52. The average molecular weight is 522 g/mol. The van der Waals surface area contributed by atoms with Crippen molar-refractivity contribution in [1.29, 1.82) is 5.26 Å². The van der Waals surface area contributed by atoms with E-state index >= 15 is 0 Å². The molecule has 4 rings (SSSR count). The third-order valence-electron chi connectivity index (χ3n) is 6.14. The lowest BCUT2D eigenvalue weighted by atomic mass is 9.89. The number of nitrogens with one attached hydrogen (secondary N) is 1. The van der Waals surface area contributed by atoms with E-state index in [1.165, 1.54) is 28.0 Å². The summed E-state index contributed by atoms with van der Waals surface area (Å²) >= 11 is 2.84. The van der Waals surface area contributed by atoms with Crippen LogP contribution in [0.2, 0.25) is 0 Å². The molecule has 1 aliphatic carbocycles. The average Bonchev–Trinajstić information content (AvgIpc) is 3.37. The molecule has 7 nitrogen and oxygen atoms in total. The second-order valence-corrected chi connectivity index (χ2v) is 11.4. The lowest BCUT2D eigenvalue weighted by Crippen LogP contribution is -2.15. The molecular weight excluding hydrogens is 490 g/mol. The molecule has 0 spiro atoms. The number of carbonyl (C=O) groups excluding carboxylic acids is 1. The molecule has 1 N–H and O–H groups in total. The summed E-state index contributed by atoms with van der Waals surface area (Å²) in [6.07, 6.45) is 4.39. The van der Waals surface area contributed by atoms with Crippen molar-refractivity contribution in [3.05, 3.63) is 63.8 Å². The summed E-state index contributed by atoms with van der Waals surface area (Å²) in [6.45, 7) is 12.6. The molecule has 3 aromatic rings. The van der Waals surface area contributed by atoms with Crippen molar-refractivity contribution in [2.45, 2.75) is 64.8 Å². The molecule has 9 heteroatoms. The molecule has 2 atom stereocenters. The molecule has 0 fully saturated rings. The summed E-state index contributed by atoms with van der Waals surface area (Å²) in [7, 11) is 0. The van der Waals surface area contributed by atoms with E-state index in [0.717, 1.165) is 41.7 Å². The second-order valence-electron chi connectivity index (χ2n) is 9.33. The van der Waals surface area contributed by atoms with Crippen LogP contribution in [0.4, 0.5) is 5.00 Å². The van der Waals surface area contributed by atoms with Gasteiger partial charge in [0.2, 0.25) is 5.91 Å². The molecule has 1 aromatic carbocycles. The molecule has 0 aliphatic heterocycles. The molecule has 0 radical (unpaired) electrons. The summed E-state index contributed by atoms with van der Waals surface area (Å²) in [4.78, 5) is 14.0. The maximum Gasteiger partial charge on any atom is 0.235 e. The highest BCUT2D eigenvalue weighted by Gasteiger charge is 2.25. The van der Waals surface area contributed by atoms with Gasteiger partial charge in [-0.15, -0.1) is 28.1 Å². The van der Waals surface area contributed by atoms with Gasteiger partial charge in [-0.3, -0.25) is 9.36 Å². The number of carbonyl (C=O) groups is 1. The number of hydrogen-bond donors (Lipinski definition) is 1. The van der Waals surface area contributed by atoms with Crippen molar-refractivity contribution in [2.24, 2.45) is 5.92 Å². The first-order valence-corrected chi connectivity index (χ1v) is 13.9. The van der Waals surface area contributed by atoms with E-state index in [4.69, 9.17) is 4.74 Å². The van der Waals surface area contributed by atoms with Crippen LogP contribution in [-0.4, -0.2) is 26.4 Å². The minimum absolute atomic E-state index is 0.158. The van der Waals surface area contributed by atoms with Crippen LogP contribution in [0.3, 0.4) is 0 Å². The number of thiophene rings is 1. The van der Waals surface area contributed by atoms with Crippen LogP contribution in [0.15, 0.2) is 36.0 Å². The highest BCUT2D eigenvalue weighted by Crippen LogP contribution is 2.39.